The van der Waals surface area contributed by atoms with Gasteiger partial charge in [-0.25, -0.2) is 0 Å². The molecule has 1 aromatic heterocycles. The first-order valence-corrected chi connectivity index (χ1v) is 8.95. The summed E-state index contributed by atoms with van der Waals surface area (Å²) in [7, 11) is 3.10. The molecule has 0 aliphatic rings. The fraction of sp³-hybridized carbons (Fsp3) is 0.450. The molecule has 152 valence electrons. The normalized spacial score (nSPS) is 11.6. The van der Waals surface area contributed by atoms with Crippen molar-refractivity contribution >= 4 is 11.9 Å². The maximum absolute atomic E-state index is 12.2. The van der Waals surface area contributed by atoms with Crippen LogP contribution < -0.4 is 14.8 Å². The van der Waals surface area contributed by atoms with Crippen molar-refractivity contribution < 1.29 is 28.3 Å². The first-order valence-electron chi connectivity index (χ1n) is 8.95. The number of carbonyl (C=O) groups excluding carboxylic acids is 2. The number of nitrogens with zero attached hydrogens (tertiary/aromatic N) is 1. The number of hydrogen-bond donors (Lipinski definition) is 1. The molecule has 2 rings (SSSR count). The van der Waals surface area contributed by atoms with Crippen molar-refractivity contribution in [2.45, 2.75) is 46.3 Å². The number of hydrogen-bond acceptors (Lipinski definition) is 7. The fourth-order valence-corrected chi connectivity index (χ4v) is 2.72. The number of aromatic nitrogens is 1. The van der Waals surface area contributed by atoms with Gasteiger partial charge in [0.2, 0.25) is 0 Å². The Morgan fingerprint density at radius 2 is 1.89 bits per heavy atom. The van der Waals surface area contributed by atoms with Crippen LogP contribution in [0.15, 0.2) is 22.7 Å². The molecule has 0 saturated carbocycles. The summed E-state index contributed by atoms with van der Waals surface area (Å²) >= 11 is 0. The van der Waals surface area contributed by atoms with E-state index in [1.54, 1.807) is 33.3 Å². The van der Waals surface area contributed by atoms with Crippen LogP contribution in [0.3, 0.4) is 0 Å². The largest absolute Gasteiger partial charge is 0.493 e. The van der Waals surface area contributed by atoms with Crippen molar-refractivity contribution in [3.63, 3.8) is 0 Å². The van der Waals surface area contributed by atoms with Gasteiger partial charge in [0.25, 0.3) is 5.91 Å². The lowest BCUT2D eigenvalue weighted by Crippen LogP contribution is -2.35. The molecule has 0 spiro atoms. The van der Waals surface area contributed by atoms with E-state index in [4.69, 9.17) is 18.7 Å². The molecule has 0 bridgehead atoms. The second kappa shape index (κ2) is 9.77. The zero-order valence-corrected chi connectivity index (χ0v) is 16.8. The van der Waals surface area contributed by atoms with Gasteiger partial charge in [0.15, 0.2) is 17.6 Å². The number of rotatable bonds is 9. The average Bonchev–Trinajstić information content (AvgIpc) is 3.01. The number of amides is 1. The van der Waals surface area contributed by atoms with E-state index in [1.165, 1.54) is 6.92 Å². The monoisotopic (exact) mass is 390 g/mol. The van der Waals surface area contributed by atoms with Gasteiger partial charge >= 0.3 is 5.97 Å². The van der Waals surface area contributed by atoms with Crippen LogP contribution in [0, 0.1) is 13.8 Å². The molecular formula is C20H26N2O6. The van der Waals surface area contributed by atoms with Crippen molar-refractivity contribution in [1.82, 2.24) is 10.5 Å². The summed E-state index contributed by atoms with van der Waals surface area (Å²) in [6.07, 6.45) is -0.284. The number of aryl methyl sites for hydroxylation is 2. The standard InChI is InChI=1S/C20H26N2O6/c1-12-16(13(2)28-22-12)7-9-19(23)27-14(3)20(24)21-11-15-6-8-17(25-4)18(10-15)26-5/h6,8,10,14H,7,9,11H2,1-5H3,(H,21,24)/t14-/m1/s1. The molecule has 1 amide bonds. The quantitative estimate of drug-likeness (QED) is 0.657. The summed E-state index contributed by atoms with van der Waals surface area (Å²) in [6.45, 7) is 5.43. The summed E-state index contributed by atoms with van der Waals surface area (Å²) in [5.41, 5.74) is 2.48. The molecule has 8 heteroatoms. The molecule has 0 aliphatic heterocycles. The molecule has 0 aliphatic carbocycles. The van der Waals surface area contributed by atoms with Gasteiger partial charge in [-0.3, -0.25) is 9.59 Å². The van der Waals surface area contributed by atoms with Gasteiger partial charge in [-0.15, -0.1) is 0 Å². The maximum atomic E-state index is 12.2. The number of carbonyl (C=O) groups is 2. The highest BCUT2D eigenvalue weighted by atomic mass is 16.5. The Kier molecular flexibility index (Phi) is 7.43. The van der Waals surface area contributed by atoms with Crippen LogP contribution in [0.1, 0.15) is 35.9 Å². The molecule has 2 aromatic rings. The molecule has 0 radical (unpaired) electrons. The zero-order valence-electron chi connectivity index (χ0n) is 16.8. The van der Waals surface area contributed by atoms with Crippen molar-refractivity contribution in [2.24, 2.45) is 0 Å². The van der Waals surface area contributed by atoms with Crippen molar-refractivity contribution in [2.75, 3.05) is 14.2 Å². The second-order valence-corrected chi connectivity index (χ2v) is 6.34. The topological polar surface area (TPSA) is 99.9 Å². The smallest absolute Gasteiger partial charge is 0.306 e. The Morgan fingerprint density at radius 3 is 2.50 bits per heavy atom. The summed E-state index contributed by atoms with van der Waals surface area (Å²) in [5.74, 6) is 1.05. The highest BCUT2D eigenvalue weighted by Crippen LogP contribution is 2.27. The molecule has 0 unspecified atom stereocenters. The van der Waals surface area contributed by atoms with E-state index in [9.17, 15) is 9.59 Å². The van der Waals surface area contributed by atoms with E-state index in [0.717, 1.165) is 16.8 Å². The van der Waals surface area contributed by atoms with Gasteiger partial charge in [-0.1, -0.05) is 11.2 Å². The van der Waals surface area contributed by atoms with E-state index in [-0.39, 0.29) is 18.9 Å². The molecule has 8 nitrogen and oxygen atoms in total. The van der Waals surface area contributed by atoms with Gasteiger partial charge in [0.1, 0.15) is 5.76 Å². The average molecular weight is 390 g/mol. The van der Waals surface area contributed by atoms with Gasteiger partial charge in [0, 0.05) is 18.5 Å². The molecular weight excluding hydrogens is 364 g/mol. The molecule has 1 aromatic carbocycles. The van der Waals surface area contributed by atoms with Crippen LogP contribution >= 0.6 is 0 Å². The first-order chi connectivity index (χ1) is 13.3. The van der Waals surface area contributed by atoms with Crippen LogP contribution in [0.4, 0.5) is 0 Å². The van der Waals surface area contributed by atoms with Gasteiger partial charge < -0.3 is 24.1 Å². The van der Waals surface area contributed by atoms with Crippen molar-refractivity contribution in [3.05, 3.63) is 40.8 Å². The van der Waals surface area contributed by atoms with Gasteiger partial charge in [0.05, 0.1) is 19.9 Å². The van der Waals surface area contributed by atoms with Crippen LogP contribution in [-0.4, -0.2) is 37.4 Å². The highest BCUT2D eigenvalue weighted by molar-refractivity contribution is 5.83. The SMILES string of the molecule is COc1ccc(CNC(=O)[C@@H](C)OC(=O)CCc2c(C)noc2C)cc1OC. The highest BCUT2D eigenvalue weighted by Gasteiger charge is 2.19. The third kappa shape index (κ3) is 5.48. The van der Waals surface area contributed by atoms with Gasteiger partial charge in [-0.2, -0.15) is 0 Å². The number of methoxy groups -OCH3 is 2. The van der Waals surface area contributed by atoms with Crippen LogP contribution in [0.5, 0.6) is 11.5 Å². The summed E-state index contributed by atoms with van der Waals surface area (Å²) < 4.78 is 20.7. The zero-order chi connectivity index (χ0) is 20.7. The Labute approximate surface area is 164 Å². The van der Waals surface area contributed by atoms with E-state index in [2.05, 4.69) is 10.5 Å². The molecule has 28 heavy (non-hydrogen) atoms. The van der Waals surface area contributed by atoms with Crippen LogP contribution in [-0.2, 0) is 27.3 Å². The minimum atomic E-state index is -0.891. The Balaban J connectivity index is 1.81. The Morgan fingerprint density at radius 1 is 1.18 bits per heavy atom. The lowest BCUT2D eigenvalue weighted by atomic mass is 10.1. The molecule has 1 heterocycles. The molecule has 1 atom stereocenters. The Bertz CT molecular complexity index is 811. The lowest BCUT2D eigenvalue weighted by molar-refractivity contribution is -0.154. The van der Waals surface area contributed by atoms with E-state index < -0.39 is 12.1 Å². The number of ether oxygens (including phenoxy) is 3. The van der Waals surface area contributed by atoms with Gasteiger partial charge in [-0.05, 0) is 44.9 Å². The molecule has 1 N–H and O–H groups in total. The lowest BCUT2D eigenvalue weighted by Gasteiger charge is -2.14. The fourth-order valence-electron chi connectivity index (χ4n) is 2.72. The third-order valence-electron chi connectivity index (χ3n) is 4.35. The third-order valence-corrected chi connectivity index (χ3v) is 4.35. The maximum Gasteiger partial charge on any atom is 0.306 e. The molecule has 0 fully saturated rings. The number of nitrogens with one attached hydrogen (secondary N) is 1. The van der Waals surface area contributed by atoms with Crippen LogP contribution in [0.2, 0.25) is 0 Å². The summed E-state index contributed by atoms with van der Waals surface area (Å²) in [5, 5.41) is 6.59. The van der Waals surface area contributed by atoms with Crippen LogP contribution in [0.25, 0.3) is 0 Å². The second-order valence-electron chi connectivity index (χ2n) is 6.34. The van der Waals surface area contributed by atoms with Crippen molar-refractivity contribution in [1.29, 1.82) is 0 Å². The number of esters is 1. The summed E-state index contributed by atoms with van der Waals surface area (Å²) in [6, 6.07) is 5.36. The Hall–Kier alpha value is -3.03. The first kappa shape index (κ1) is 21.3. The van der Waals surface area contributed by atoms with E-state index in [0.29, 0.717) is 23.7 Å². The minimum Gasteiger partial charge on any atom is -0.493 e. The predicted octanol–water partition coefficient (Wildman–Crippen LogP) is 2.49. The minimum absolute atomic E-state index is 0.149. The molecule has 0 saturated heterocycles. The number of benzene rings is 1. The summed E-state index contributed by atoms with van der Waals surface area (Å²) in [4.78, 5) is 24.2. The van der Waals surface area contributed by atoms with E-state index in [1.807, 2.05) is 13.0 Å². The predicted molar refractivity (Wildman–Crippen MR) is 101 cm³/mol. The van der Waals surface area contributed by atoms with Crippen molar-refractivity contribution in [3.8, 4) is 11.5 Å². The van der Waals surface area contributed by atoms with E-state index >= 15 is 0 Å².